The van der Waals surface area contributed by atoms with Gasteiger partial charge in [-0.15, -0.1) is 0 Å². The number of nitrogens with one attached hydrogen (secondary N) is 1. The minimum absolute atomic E-state index is 0.0153. The van der Waals surface area contributed by atoms with Gasteiger partial charge in [-0.3, -0.25) is 4.79 Å². The molecule has 0 bridgehead atoms. The van der Waals surface area contributed by atoms with Crippen molar-refractivity contribution < 1.29 is 4.79 Å². The number of benzene rings is 2. The summed E-state index contributed by atoms with van der Waals surface area (Å²) >= 11 is 3.44. The lowest BCUT2D eigenvalue weighted by Gasteiger charge is -2.32. The smallest absolute Gasteiger partial charge is 0.244 e. The van der Waals surface area contributed by atoms with Crippen LogP contribution in [0.1, 0.15) is 12.5 Å². The summed E-state index contributed by atoms with van der Waals surface area (Å²) in [6.45, 7) is 2.48. The highest BCUT2D eigenvalue weighted by Crippen LogP contribution is 2.38. The lowest BCUT2D eigenvalue weighted by atomic mass is 10.1. The van der Waals surface area contributed by atoms with Crippen LogP contribution < -0.4 is 10.2 Å². The molecule has 0 aliphatic carbocycles. The first-order valence-corrected chi connectivity index (χ1v) is 7.43. The number of anilines is 3. The number of hydrogen-bond acceptors (Lipinski definition) is 2. The normalized spacial score (nSPS) is 13.9. The summed E-state index contributed by atoms with van der Waals surface area (Å²) in [4.78, 5) is 14.0. The second-order valence-electron chi connectivity index (χ2n) is 4.78. The Hall–Kier alpha value is -1.81. The highest BCUT2D eigenvalue weighted by atomic mass is 79.9. The van der Waals surface area contributed by atoms with Crippen molar-refractivity contribution >= 4 is 38.9 Å². The molecule has 20 heavy (non-hydrogen) atoms. The third-order valence-electron chi connectivity index (χ3n) is 3.49. The first-order chi connectivity index (χ1) is 9.69. The van der Waals surface area contributed by atoms with Gasteiger partial charge in [-0.2, -0.15) is 0 Å². The van der Waals surface area contributed by atoms with Gasteiger partial charge < -0.3 is 10.2 Å². The van der Waals surface area contributed by atoms with Crippen molar-refractivity contribution in [3.8, 4) is 0 Å². The summed E-state index contributed by atoms with van der Waals surface area (Å²) in [6.07, 6.45) is 0.945. The minimum atomic E-state index is 0.0153. The number of aryl methyl sites for hydroxylation is 1. The summed E-state index contributed by atoms with van der Waals surface area (Å²) in [5, 5.41) is 2.93. The zero-order chi connectivity index (χ0) is 14.1. The van der Waals surface area contributed by atoms with E-state index in [1.165, 1.54) is 5.56 Å². The Morgan fingerprint density at radius 2 is 2.00 bits per heavy atom. The Kier molecular flexibility index (Phi) is 3.49. The molecule has 2 aromatic carbocycles. The zero-order valence-corrected chi connectivity index (χ0v) is 12.8. The van der Waals surface area contributed by atoms with Gasteiger partial charge in [0.15, 0.2) is 0 Å². The van der Waals surface area contributed by atoms with E-state index in [9.17, 15) is 4.79 Å². The van der Waals surface area contributed by atoms with Crippen LogP contribution in [0.5, 0.6) is 0 Å². The molecule has 1 N–H and O–H groups in total. The third kappa shape index (κ3) is 2.31. The van der Waals surface area contributed by atoms with Gasteiger partial charge in [0.1, 0.15) is 6.54 Å². The molecule has 1 aliphatic heterocycles. The van der Waals surface area contributed by atoms with Crippen LogP contribution in [0.15, 0.2) is 46.9 Å². The number of fused-ring (bicyclic) bond motifs is 1. The lowest BCUT2D eigenvalue weighted by Crippen LogP contribution is -2.35. The van der Waals surface area contributed by atoms with Gasteiger partial charge in [0.05, 0.1) is 11.4 Å². The van der Waals surface area contributed by atoms with Crippen molar-refractivity contribution in [3.05, 3.63) is 52.5 Å². The van der Waals surface area contributed by atoms with Gasteiger partial charge in [0.2, 0.25) is 5.91 Å². The van der Waals surface area contributed by atoms with E-state index in [0.29, 0.717) is 6.54 Å². The first kappa shape index (κ1) is 13.2. The molecule has 1 heterocycles. The molecule has 0 saturated carbocycles. The molecule has 0 spiro atoms. The lowest BCUT2D eigenvalue weighted by molar-refractivity contribution is -0.115. The molecule has 4 heteroatoms. The molecule has 0 saturated heterocycles. The number of carbonyl (C=O) groups excluding carboxylic acids is 1. The fraction of sp³-hybridized carbons (Fsp3) is 0.188. The van der Waals surface area contributed by atoms with Crippen molar-refractivity contribution in [1.82, 2.24) is 0 Å². The molecular formula is C16H15BrN2O. The molecule has 2 aromatic rings. The molecular weight excluding hydrogens is 316 g/mol. The quantitative estimate of drug-likeness (QED) is 0.898. The summed E-state index contributed by atoms with van der Waals surface area (Å²) in [5.74, 6) is 0.0153. The Balaban J connectivity index is 2.13. The van der Waals surface area contributed by atoms with Crippen LogP contribution in [0.2, 0.25) is 0 Å². The standard InChI is InChI=1S/C16H15BrN2O/c1-2-11-5-3-4-6-14(11)19-10-16(20)18-13-9-12(17)7-8-15(13)19/h3-9H,2,10H2,1H3,(H,18,20). The molecule has 0 aromatic heterocycles. The maximum Gasteiger partial charge on any atom is 0.244 e. The molecule has 0 fully saturated rings. The number of halogens is 1. The zero-order valence-electron chi connectivity index (χ0n) is 11.2. The van der Waals surface area contributed by atoms with Gasteiger partial charge in [0.25, 0.3) is 0 Å². The van der Waals surface area contributed by atoms with Crippen LogP contribution in [-0.4, -0.2) is 12.5 Å². The topological polar surface area (TPSA) is 32.3 Å². The van der Waals surface area contributed by atoms with E-state index >= 15 is 0 Å². The molecule has 102 valence electrons. The summed E-state index contributed by atoms with van der Waals surface area (Å²) in [7, 11) is 0. The Morgan fingerprint density at radius 3 is 2.80 bits per heavy atom. The maximum atomic E-state index is 12.0. The average Bonchev–Trinajstić information content (AvgIpc) is 2.45. The van der Waals surface area contributed by atoms with E-state index in [-0.39, 0.29) is 5.91 Å². The highest BCUT2D eigenvalue weighted by Gasteiger charge is 2.24. The van der Waals surface area contributed by atoms with E-state index in [0.717, 1.165) is 28.0 Å². The van der Waals surface area contributed by atoms with Gasteiger partial charge in [-0.25, -0.2) is 0 Å². The number of nitrogens with zero attached hydrogens (tertiary/aromatic N) is 1. The molecule has 0 unspecified atom stereocenters. The fourth-order valence-electron chi connectivity index (χ4n) is 2.55. The van der Waals surface area contributed by atoms with E-state index in [2.05, 4.69) is 45.2 Å². The van der Waals surface area contributed by atoms with E-state index < -0.39 is 0 Å². The summed E-state index contributed by atoms with van der Waals surface area (Å²) in [6, 6.07) is 14.2. The highest BCUT2D eigenvalue weighted by molar-refractivity contribution is 9.10. The number of carbonyl (C=O) groups is 1. The molecule has 3 nitrogen and oxygen atoms in total. The Morgan fingerprint density at radius 1 is 1.20 bits per heavy atom. The maximum absolute atomic E-state index is 12.0. The molecule has 0 radical (unpaired) electrons. The SMILES string of the molecule is CCc1ccccc1N1CC(=O)Nc2cc(Br)ccc21. The monoisotopic (exact) mass is 330 g/mol. The van der Waals surface area contributed by atoms with Crippen LogP contribution in [0.25, 0.3) is 0 Å². The second kappa shape index (κ2) is 5.29. The predicted molar refractivity (Wildman–Crippen MR) is 85.6 cm³/mol. The molecule has 3 rings (SSSR count). The molecule has 0 atom stereocenters. The summed E-state index contributed by atoms with van der Waals surface area (Å²) in [5.41, 5.74) is 4.24. The third-order valence-corrected chi connectivity index (χ3v) is 3.98. The molecule has 1 aliphatic rings. The Labute approximate surface area is 126 Å². The summed E-state index contributed by atoms with van der Waals surface area (Å²) < 4.78 is 0.960. The largest absolute Gasteiger partial charge is 0.330 e. The van der Waals surface area contributed by atoms with Crippen LogP contribution in [0.4, 0.5) is 17.1 Å². The number of para-hydroxylation sites is 1. The minimum Gasteiger partial charge on any atom is -0.330 e. The van der Waals surface area contributed by atoms with E-state index in [1.54, 1.807) is 0 Å². The number of hydrogen-bond donors (Lipinski definition) is 1. The van der Waals surface area contributed by atoms with Gasteiger partial charge in [-0.05, 0) is 36.2 Å². The van der Waals surface area contributed by atoms with Crippen molar-refractivity contribution in [2.45, 2.75) is 13.3 Å². The van der Waals surface area contributed by atoms with E-state index in [4.69, 9.17) is 0 Å². The van der Waals surface area contributed by atoms with Crippen LogP contribution in [-0.2, 0) is 11.2 Å². The number of rotatable bonds is 2. The van der Waals surface area contributed by atoms with Crippen LogP contribution in [0.3, 0.4) is 0 Å². The van der Waals surface area contributed by atoms with Crippen LogP contribution in [0, 0.1) is 0 Å². The van der Waals surface area contributed by atoms with Crippen molar-refractivity contribution in [1.29, 1.82) is 0 Å². The first-order valence-electron chi connectivity index (χ1n) is 6.64. The van der Waals surface area contributed by atoms with Crippen LogP contribution >= 0.6 is 15.9 Å². The number of amides is 1. The average molecular weight is 331 g/mol. The molecule has 1 amide bonds. The fourth-order valence-corrected chi connectivity index (χ4v) is 2.91. The Bertz CT molecular complexity index is 669. The van der Waals surface area contributed by atoms with Gasteiger partial charge >= 0.3 is 0 Å². The van der Waals surface area contributed by atoms with Crippen molar-refractivity contribution in [3.63, 3.8) is 0 Å². The predicted octanol–water partition coefficient (Wildman–Crippen LogP) is 4.10. The van der Waals surface area contributed by atoms with Crippen molar-refractivity contribution in [2.75, 3.05) is 16.8 Å². The van der Waals surface area contributed by atoms with Crippen molar-refractivity contribution in [2.24, 2.45) is 0 Å². The second-order valence-corrected chi connectivity index (χ2v) is 5.69. The van der Waals surface area contributed by atoms with Gasteiger partial charge in [0, 0.05) is 10.2 Å². The van der Waals surface area contributed by atoms with Gasteiger partial charge in [-0.1, -0.05) is 41.1 Å². The van der Waals surface area contributed by atoms with E-state index in [1.807, 2.05) is 30.3 Å².